The van der Waals surface area contributed by atoms with Crippen LogP contribution in [0, 0.1) is 0 Å². The maximum Gasteiger partial charge on any atom is 0.112 e. The largest absolute Gasteiger partial charge is 0.341 e. The summed E-state index contributed by atoms with van der Waals surface area (Å²) < 4.78 is 5.76. The van der Waals surface area contributed by atoms with E-state index in [2.05, 4.69) is 136 Å². The van der Waals surface area contributed by atoms with Crippen LogP contribution in [0.15, 0.2) is 48.5 Å². The standard InChI is InChI=1S/C30H48N2S4Si4/c1-37(2,3)31(38(4,5)6)21-23-13-15-25(33-23)27-17-19-29(35-27)30-20-18-28(36-30)26-16-14-24(34-26)22-32(39(7,8)9)40(10,11)12/h13-20H,21-22H2,1-12H3. The molecule has 0 aliphatic heterocycles. The monoisotopic (exact) mass is 676 g/mol. The highest BCUT2D eigenvalue weighted by Gasteiger charge is 2.35. The zero-order valence-electron chi connectivity index (χ0n) is 26.6. The first-order valence-corrected chi connectivity index (χ1v) is 31.3. The van der Waals surface area contributed by atoms with E-state index in [9.17, 15) is 0 Å². The van der Waals surface area contributed by atoms with Gasteiger partial charge in [0.15, 0.2) is 0 Å². The summed E-state index contributed by atoms with van der Waals surface area (Å²) in [7, 11) is -5.43. The lowest BCUT2D eigenvalue weighted by Crippen LogP contribution is -2.58. The molecule has 4 rings (SSSR count). The lowest BCUT2D eigenvalue weighted by molar-refractivity contribution is 0.619. The van der Waals surface area contributed by atoms with Crippen molar-refractivity contribution in [1.29, 1.82) is 0 Å². The SMILES string of the molecule is C[Si](C)(C)N(Cc1ccc(-c2ccc(-c3ccc(-c4ccc(CN([Si](C)(C)C)[Si](C)(C)C)s4)s3)s2)s1)[Si](C)(C)C. The third-order valence-corrected chi connectivity index (χ3v) is 27.2. The highest BCUT2D eigenvalue weighted by atomic mass is 32.1. The summed E-state index contributed by atoms with van der Waals surface area (Å²) in [5, 5.41) is 0. The summed E-state index contributed by atoms with van der Waals surface area (Å²) in [4.78, 5) is 11.4. The maximum absolute atomic E-state index is 2.88. The van der Waals surface area contributed by atoms with E-state index in [0.29, 0.717) is 0 Å². The fourth-order valence-electron chi connectivity index (χ4n) is 5.67. The molecule has 2 nitrogen and oxygen atoms in total. The zero-order chi connectivity index (χ0) is 29.7. The van der Waals surface area contributed by atoms with Gasteiger partial charge in [-0.3, -0.25) is 0 Å². The van der Waals surface area contributed by atoms with Crippen molar-refractivity contribution in [3.05, 3.63) is 58.3 Å². The molecule has 0 N–H and O–H groups in total. The third kappa shape index (κ3) is 7.94. The number of rotatable bonds is 11. The van der Waals surface area contributed by atoms with Crippen LogP contribution in [0.5, 0.6) is 0 Å². The molecule has 10 heteroatoms. The summed E-state index contributed by atoms with van der Waals surface area (Å²) in [6, 6.07) is 18.7. The normalized spacial score (nSPS) is 13.7. The van der Waals surface area contributed by atoms with Gasteiger partial charge >= 0.3 is 0 Å². The molecule has 0 aliphatic rings. The molecule has 0 aromatic carbocycles. The molecule has 0 saturated heterocycles. The van der Waals surface area contributed by atoms with Crippen LogP contribution >= 0.6 is 45.3 Å². The van der Waals surface area contributed by atoms with Crippen molar-refractivity contribution in [1.82, 2.24) is 8.46 Å². The Bertz CT molecular complexity index is 1280. The highest BCUT2D eigenvalue weighted by molar-refractivity contribution is 7.28. The van der Waals surface area contributed by atoms with Gasteiger partial charge in [0, 0.05) is 52.1 Å². The van der Waals surface area contributed by atoms with Gasteiger partial charge in [-0.05, 0) is 48.5 Å². The van der Waals surface area contributed by atoms with E-state index in [-0.39, 0.29) is 0 Å². The second-order valence-electron chi connectivity index (χ2n) is 14.7. The average molecular weight is 677 g/mol. The van der Waals surface area contributed by atoms with Crippen LogP contribution in [0.1, 0.15) is 9.75 Å². The lowest BCUT2D eigenvalue weighted by atomic mass is 10.3. The summed E-state index contributed by atoms with van der Waals surface area (Å²) in [5.74, 6) is 0. The fraction of sp³-hybridized carbons (Fsp3) is 0.467. The van der Waals surface area contributed by atoms with Crippen LogP contribution < -0.4 is 0 Å². The van der Waals surface area contributed by atoms with Crippen LogP contribution in [0.3, 0.4) is 0 Å². The lowest BCUT2D eigenvalue weighted by Gasteiger charge is -2.43. The van der Waals surface area contributed by atoms with E-state index in [1.807, 2.05) is 45.3 Å². The van der Waals surface area contributed by atoms with Gasteiger partial charge in [-0.1, -0.05) is 78.6 Å². The van der Waals surface area contributed by atoms with Crippen LogP contribution in [0.25, 0.3) is 29.3 Å². The molecule has 0 aliphatic carbocycles. The molecule has 0 amide bonds. The summed E-state index contributed by atoms with van der Waals surface area (Å²) in [5.41, 5.74) is 0. The molecule has 40 heavy (non-hydrogen) atoms. The second-order valence-corrected chi connectivity index (χ2v) is 39.6. The summed E-state index contributed by atoms with van der Waals surface area (Å²) in [6.45, 7) is 32.1. The van der Waals surface area contributed by atoms with Crippen molar-refractivity contribution in [3.63, 3.8) is 0 Å². The predicted octanol–water partition coefficient (Wildman–Crippen LogP) is 11.9. The van der Waals surface area contributed by atoms with Crippen molar-refractivity contribution in [3.8, 4) is 29.3 Å². The molecule has 4 aromatic heterocycles. The smallest absolute Gasteiger partial charge is 0.112 e. The van der Waals surface area contributed by atoms with Crippen LogP contribution in [-0.4, -0.2) is 41.4 Å². The van der Waals surface area contributed by atoms with Gasteiger partial charge in [0.2, 0.25) is 0 Å². The minimum absolute atomic E-state index is 1.11. The van der Waals surface area contributed by atoms with E-state index < -0.39 is 32.9 Å². The molecular formula is C30H48N2S4Si4. The molecular weight excluding hydrogens is 629 g/mol. The molecule has 0 fully saturated rings. The van der Waals surface area contributed by atoms with Crippen molar-refractivity contribution in [2.24, 2.45) is 0 Å². The Balaban J connectivity index is 1.48. The van der Waals surface area contributed by atoms with E-state index in [1.54, 1.807) is 0 Å². The van der Waals surface area contributed by atoms with Gasteiger partial charge in [-0.2, -0.15) is 0 Å². The molecule has 0 spiro atoms. The van der Waals surface area contributed by atoms with Gasteiger partial charge in [0.05, 0.1) is 0 Å². The van der Waals surface area contributed by atoms with Crippen LogP contribution in [0.2, 0.25) is 78.6 Å². The fourth-order valence-corrected chi connectivity index (χ4v) is 29.1. The Morgan fingerprint density at radius 3 is 0.850 bits per heavy atom. The topological polar surface area (TPSA) is 6.48 Å². The number of nitrogens with zero attached hydrogens (tertiary/aromatic N) is 2. The third-order valence-electron chi connectivity index (χ3n) is 7.13. The first-order chi connectivity index (χ1) is 18.3. The number of hydrogen-bond donors (Lipinski definition) is 0. The van der Waals surface area contributed by atoms with Crippen molar-refractivity contribution in [2.45, 2.75) is 91.7 Å². The van der Waals surface area contributed by atoms with Gasteiger partial charge < -0.3 is 8.46 Å². The molecule has 0 atom stereocenters. The maximum atomic E-state index is 2.88. The average Bonchev–Trinajstić information content (AvgIpc) is 3.58. The van der Waals surface area contributed by atoms with E-state index >= 15 is 0 Å². The molecule has 0 radical (unpaired) electrons. The first-order valence-electron chi connectivity index (χ1n) is 14.3. The van der Waals surface area contributed by atoms with Crippen LogP contribution in [0.4, 0.5) is 0 Å². The molecule has 0 saturated carbocycles. The van der Waals surface area contributed by atoms with Crippen molar-refractivity contribution < 1.29 is 0 Å². The summed E-state index contributed by atoms with van der Waals surface area (Å²) >= 11 is 7.86. The first kappa shape index (κ1) is 32.5. The quantitative estimate of drug-likeness (QED) is 0.146. The minimum Gasteiger partial charge on any atom is -0.341 e. The zero-order valence-corrected chi connectivity index (χ0v) is 33.8. The minimum atomic E-state index is -1.36. The Hall–Kier alpha value is -0.412. The van der Waals surface area contributed by atoms with Gasteiger partial charge in [0.25, 0.3) is 0 Å². The van der Waals surface area contributed by atoms with E-state index in [4.69, 9.17) is 0 Å². The molecule has 4 aromatic rings. The highest BCUT2D eigenvalue weighted by Crippen LogP contribution is 2.43. The molecule has 218 valence electrons. The summed E-state index contributed by atoms with van der Waals surface area (Å²) in [6.07, 6.45) is 0. The Kier molecular flexibility index (Phi) is 9.70. The van der Waals surface area contributed by atoms with E-state index in [1.165, 1.54) is 39.0 Å². The number of hydrogen-bond acceptors (Lipinski definition) is 6. The molecule has 0 unspecified atom stereocenters. The Morgan fingerprint density at radius 2 is 0.600 bits per heavy atom. The van der Waals surface area contributed by atoms with Crippen LogP contribution in [-0.2, 0) is 13.1 Å². The predicted molar refractivity (Wildman–Crippen MR) is 199 cm³/mol. The second kappa shape index (κ2) is 11.9. The molecule has 4 heterocycles. The van der Waals surface area contributed by atoms with Gasteiger partial charge in [-0.25, -0.2) is 0 Å². The Labute approximate surface area is 264 Å². The molecule has 0 bridgehead atoms. The van der Waals surface area contributed by atoms with Crippen molar-refractivity contribution >= 4 is 78.3 Å². The van der Waals surface area contributed by atoms with Crippen molar-refractivity contribution in [2.75, 3.05) is 0 Å². The Morgan fingerprint density at radius 1 is 0.375 bits per heavy atom. The van der Waals surface area contributed by atoms with E-state index in [0.717, 1.165) is 13.1 Å². The van der Waals surface area contributed by atoms with Gasteiger partial charge in [0.1, 0.15) is 32.9 Å². The van der Waals surface area contributed by atoms with Gasteiger partial charge in [-0.15, -0.1) is 45.3 Å². The number of thiophene rings is 4.